The predicted molar refractivity (Wildman–Crippen MR) is 100 cm³/mol. The van der Waals surface area contributed by atoms with Crippen LogP contribution in [0.25, 0.3) is 0 Å². The summed E-state index contributed by atoms with van der Waals surface area (Å²) in [4.78, 5) is 0.696. The van der Waals surface area contributed by atoms with Crippen LogP contribution in [0.1, 0.15) is 46.5 Å². The van der Waals surface area contributed by atoms with Crippen LogP contribution in [-0.4, -0.2) is 37.6 Å². The van der Waals surface area contributed by atoms with Crippen LogP contribution in [0.15, 0.2) is 29.2 Å². The van der Waals surface area contributed by atoms with Crippen molar-refractivity contribution in [2.24, 2.45) is 0 Å². The predicted octanol–water partition coefficient (Wildman–Crippen LogP) is 3.01. The summed E-state index contributed by atoms with van der Waals surface area (Å²) >= 11 is 0. The normalized spacial score (nSPS) is 13.6. The van der Waals surface area contributed by atoms with Gasteiger partial charge in [-0.05, 0) is 44.5 Å². The molecule has 1 N–H and O–H groups in total. The van der Waals surface area contributed by atoms with Gasteiger partial charge in [0.1, 0.15) is 22.3 Å². The molecule has 1 aromatic rings. The number of hydrogen-bond acceptors (Lipinski definition) is 5. The van der Waals surface area contributed by atoms with Gasteiger partial charge in [0.05, 0.1) is 17.8 Å². The third kappa shape index (κ3) is 9.94. The van der Waals surface area contributed by atoms with Crippen molar-refractivity contribution in [3.05, 3.63) is 24.3 Å². The van der Waals surface area contributed by atoms with E-state index >= 15 is 0 Å². The summed E-state index contributed by atoms with van der Waals surface area (Å²) in [6.07, 6.45) is 4.70. The first-order chi connectivity index (χ1) is 11.6. The zero-order valence-electron chi connectivity index (χ0n) is 15.4. The average molecular weight is 392 g/mol. The van der Waals surface area contributed by atoms with Crippen LogP contribution >= 0.6 is 0 Å². The minimum atomic E-state index is -3.44. The number of nitrogens with one attached hydrogen (secondary N) is 1. The van der Waals surface area contributed by atoms with Crippen molar-refractivity contribution in [1.29, 1.82) is 0 Å². The Morgan fingerprint density at radius 3 is 2.36 bits per heavy atom. The van der Waals surface area contributed by atoms with E-state index in [1.165, 1.54) is 0 Å². The number of ether oxygens (including phenoxy) is 1. The molecule has 1 unspecified atom stereocenters. The molecule has 0 aliphatic heterocycles. The third-order valence-corrected chi connectivity index (χ3v) is 5.21. The second-order valence-electron chi connectivity index (χ2n) is 6.48. The van der Waals surface area contributed by atoms with E-state index in [0.717, 1.165) is 32.1 Å². The minimum absolute atomic E-state index is 0.0651. The molecular formula is C17H29NO5S2. The number of rotatable bonds is 12. The highest BCUT2D eigenvalue weighted by molar-refractivity contribution is 7.86. The summed E-state index contributed by atoms with van der Waals surface area (Å²) in [5, 5.41) is 0. The highest BCUT2D eigenvalue weighted by Crippen LogP contribution is 2.22. The Labute approximate surface area is 154 Å². The number of unbranched alkanes of at least 4 members (excludes halogenated alkanes) is 2. The Hall–Kier alpha value is -0.960. The molecular weight excluding hydrogens is 362 g/mol. The van der Waals surface area contributed by atoms with E-state index in [0.29, 0.717) is 17.1 Å². The lowest BCUT2D eigenvalue weighted by Gasteiger charge is -2.26. The van der Waals surface area contributed by atoms with Gasteiger partial charge in [-0.3, -0.25) is 4.18 Å². The van der Waals surface area contributed by atoms with E-state index in [-0.39, 0.29) is 6.61 Å². The Morgan fingerprint density at radius 2 is 1.80 bits per heavy atom. The van der Waals surface area contributed by atoms with Crippen molar-refractivity contribution in [2.45, 2.75) is 57.0 Å². The monoisotopic (exact) mass is 391 g/mol. The van der Waals surface area contributed by atoms with Crippen LogP contribution in [0.2, 0.25) is 0 Å². The first-order valence-corrected chi connectivity index (χ1v) is 11.4. The maximum absolute atomic E-state index is 12.1. The largest absolute Gasteiger partial charge is 0.488 e. The van der Waals surface area contributed by atoms with Crippen molar-refractivity contribution < 1.29 is 21.5 Å². The van der Waals surface area contributed by atoms with Crippen LogP contribution in [0.5, 0.6) is 5.75 Å². The molecule has 1 atom stereocenters. The van der Waals surface area contributed by atoms with E-state index in [4.69, 9.17) is 8.92 Å². The molecule has 0 aliphatic carbocycles. The maximum Gasteiger partial charge on any atom is 0.264 e. The fourth-order valence-electron chi connectivity index (χ4n) is 2.06. The summed E-state index contributed by atoms with van der Waals surface area (Å²) in [5.74, 6) is 0.635. The topological polar surface area (TPSA) is 81.7 Å². The summed E-state index contributed by atoms with van der Waals surface area (Å²) in [6, 6.07) is 7.06. The van der Waals surface area contributed by atoms with Gasteiger partial charge in [-0.15, -0.1) is 0 Å². The molecule has 0 radical (unpaired) electrons. The van der Waals surface area contributed by atoms with Crippen LogP contribution in [-0.2, 0) is 25.3 Å². The van der Waals surface area contributed by atoms with Gasteiger partial charge in [0.25, 0.3) is 10.1 Å². The van der Waals surface area contributed by atoms with Crippen LogP contribution in [0.4, 0.5) is 0 Å². The molecule has 0 saturated carbocycles. The van der Waals surface area contributed by atoms with Gasteiger partial charge >= 0.3 is 0 Å². The highest BCUT2D eigenvalue weighted by atomic mass is 32.2. The summed E-state index contributed by atoms with van der Waals surface area (Å²) in [5.41, 5.74) is -0.580. The fourth-order valence-corrected chi connectivity index (χ4v) is 3.33. The van der Waals surface area contributed by atoms with Crippen molar-refractivity contribution in [2.75, 3.05) is 19.4 Å². The summed E-state index contributed by atoms with van der Waals surface area (Å²) < 4.78 is 47.7. The highest BCUT2D eigenvalue weighted by Gasteiger charge is 2.21. The second kappa shape index (κ2) is 10.3. The van der Waals surface area contributed by atoms with E-state index in [1.807, 2.05) is 13.8 Å². The molecule has 0 amide bonds. The van der Waals surface area contributed by atoms with E-state index in [9.17, 15) is 12.6 Å². The van der Waals surface area contributed by atoms with Crippen LogP contribution in [0, 0.1) is 0 Å². The van der Waals surface area contributed by atoms with Gasteiger partial charge in [-0.2, -0.15) is 8.42 Å². The van der Waals surface area contributed by atoms with Gasteiger partial charge in [-0.25, -0.2) is 8.93 Å². The molecule has 144 valence electrons. The molecule has 0 spiro atoms. The van der Waals surface area contributed by atoms with E-state index in [2.05, 4.69) is 11.6 Å². The maximum atomic E-state index is 12.1. The molecule has 0 fully saturated rings. The first kappa shape index (κ1) is 22.1. The molecule has 8 heteroatoms. The zero-order valence-corrected chi connectivity index (χ0v) is 17.0. The summed E-state index contributed by atoms with van der Waals surface area (Å²) in [6.45, 7) is 6.64. The third-order valence-electron chi connectivity index (χ3n) is 3.45. The molecule has 1 aromatic carbocycles. The minimum Gasteiger partial charge on any atom is -0.488 e. The van der Waals surface area contributed by atoms with Gasteiger partial charge < -0.3 is 4.74 Å². The van der Waals surface area contributed by atoms with Gasteiger partial charge in [-0.1, -0.05) is 19.8 Å². The van der Waals surface area contributed by atoms with Crippen molar-refractivity contribution in [3.8, 4) is 5.75 Å². The van der Waals surface area contributed by atoms with Crippen molar-refractivity contribution >= 4 is 21.1 Å². The zero-order chi connectivity index (χ0) is 18.9. The van der Waals surface area contributed by atoms with Crippen LogP contribution in [0.3, 0.4) is 0 Å². The van der Waals surface area contributed by atoms with E-state index < -0.39 is 26.7 Å². The summed E-state index contributed by atoms with van der Waals surface area (Å²) in [7, 11) is -4.67. The Kier molecular flexibility index (Phi) is 9.06. The van der Waals surface area contributed by atoms with Gasteiger partial charge in [0.2, 0.25) is 0 Å². The Balaban J connectivity index is 2.50. The molecule has 1 rings (SSSR count). The quantitative estimate of drug-likeness (QED) is 0.437. The lowest BCUT2D eigenvalue weighted by molar-refractivity contribution is 0.0824. The van der Waals surface area contributed by atoms with Gasteiger partial charge in [0.15, 0.2) is 0 Å². The first-order valence-electron chi connectivity index (χ1n) is 8.42. The standard InChI is InChI=1S/C17H29NO5S2/c1-5-6-7-13-18-24(19)16-10-8-15(9-11-16)23-17(2,3)12-14-22-25(4,20)21/h8-11,18H,5-7,12-14H2,1-4H3. The number of hydrogen-bond donors (Lipinski definition) is 1. The van der Waals surface area contributed by atoms with Crippen molar-refractivity contribution in [3.63, 3.8) is 0 Å². The van der Waals surface area contributed by atoms with Crippen molar-refractivity contribution in [1.82, 2.24) is 4.72 Å². The second-order valence-corrected chi connectivity index (χ2v) is 9.42. The molecule has 0 aliphatic rings. The molecule has 0 bridgehead atoms. The molecule has 0 aromatic heterocycles. The fraction of sp³-hybridized carbons (Fsp3) is 0.647. The molecule has 6 nitrogen and oxygen atoms in total. The molecule has 25 heavy (non-hydrogen) atoms. The van der Waals surface area contributed by atoms with Crippen LogP contribution < -0.4 is 9.46 Å². The smallest absolute Gasteiger partial charge is 0.264 e. The van der Waals surface area contributed by atoms with E-state index in [1.54, 1.807) is 24.3 Å². The molecule has 0 heterocycles. The van der Waals surface area contributed by atoms with Gasteiger partial charge in [0, 0.05) is 13.0 Å². The average Bonchev–Trinajstić information content (AvgIpc) is 2.50. The Morgan fingerprint density at radius 1 is 1.16 bits per heavy atom. The number of benzene rings is 1. The lowest BCUT2D eigenvalue weighted by Crippen LogP contribution is -2.30. The lowest BCUT2D eigenvalue weighted by atomic mass is 10.1. The Bertz CT molecular complexity index is 642. The molecule has 0 saturated heterocycles. The SMILES string of the molecule is CCCCCNS(=O)c1ccc(OC(C)(C)CCOS(C)(=O)=O)cc1.